The maximum atomic E-state index is 12.2. The van der Waals surface area contributed by atoms with Crippen LogP contribution in [0.3, 0.4) is 0 Å². The summed E-state index contributed by atoms with van der Waals surface area (Å²) in [5, 5.41) is 12.2. The summed E-state index contributed by atoms with van der Waals surface area (Å²) in [5.41, 5.74) is 1.72. The van der Waals surface area contributed by atoms with Gasteiger partial charge in [0.1, 0.15) is 10.8 Å². The number of carbonyl (C=O) groups excluding carboxylic acids is 1. The number of halogens is 1. The van der Waals surface area contributed by atoms with E-state index in [9.17, 15) is 4.79 Å². The van der Waals surface area contributed by atoms with Crippen LogP contribution in [-0.4, -0.2) is 22.7 Å². The molecular formula is C18H16BrN3O2S. The number of ether oxygens (including phenoxy) is 1. The Hall–Kier alpha value is -2.25. The monoisotopic (exact) mass is 417 g/mol. The van der Waals surface area contributed by atoms with Gasteiger partial charge in [-0.05, 0) is 52.7 Å². The minimum absolute atomic E-state index is 0.216. The van der Waals surface area contributed by atoms with E-state index in [1.165, 1.54) is 11.3 Å². The second-order valence-electron chi connectivity index (χ2n) is 5.35. The highest BCUT2D eigenvalue weighted by Crippen LogP contribution is 2.20. The number of hydrogen-bond acceptors (Lipinski definition) is 5. The van der Waals surface area contributed by atoms with E-state index in [1.54, 1.807) is 6.07 Å². The average molecular weight is 418 g/mol. The molecule has 0 fully saturated rings. The Kier molecular flexibility index (Phi) is 5.78. The van der Waals surface area contributed by atoms with Gasteiger partial charge in [0, 0.05) is 10.9 Å². The zero-order valence-electron chi connectivity index (χ0n) is 13.5. The van der Waals surface area contributed by atoms with Crippen molar-refractivity contribution >= 4 is 38.3 Å². The first-order valence-corrected chi connectivity index (χ1v) is 9.30. The summed E-state index contributed by atoms with van der Waals surface area (Å²) in [7, 11) is 0. The molecule has 0 aliphatic rings. The average Bonchev–Trinajstić information content (AvgIpc) is 3.02. The van der Waals surface area contributed by atoms with Crippen molar-refractivity contribution in [2.45, 2.75) is 13.3 Å². The topological polar surface area (TPSA) is 64.1 Å². The van der Waals surface area contributed by atoms with E-state index in [2.05, 4.69) is 31.4 Å². The number of benzene rings is 2. The molecule has 3 aromatic rings. The maximum Gasteiger partial charge on any atom is 0.258 e. The molecule has 1 N–H and O–H groups in total. The van der Waals surface area contributed by atoms with Gasteiger partial charge in [-0.1, -0.05) is 35.6 Å². The molecule has 25 heavy (non-hydrogen) atoms. The van der Waals surface area contributed by atoms with E-state index in [0.717, 1.165) is 20.8 Å². The summed E-state index contributed by atoms with van der Waals surface area (Å²) in [6, 6.07) is 15.1. The van der Waals surface area contributed by atoms with Crippen LogP contribution >= 0.6 is 27.3 Å². The van der Waals surface area contributed by atoms with Crippen LogP contribution < -0.4 is 10.1 Å². The van der Waals surface area contributed by atoms with E-state index < -0.39 is 0 Å². The van der Waals surface area contributed by atoms with E-state index >= 15 is 0 Å². The fourth-order valence-corrected chi connectivity index (χ4v) is 3.36. The van der Waals surface area contributed by atoms with Crippen molar-refractivity contribution in [3.05, 3.63) is 69.1 Å². The summed E-state index contributed by atoms with van der Waals surface area (Å²) in [5.74, 6) is 0.623. The second-order valence-corrected chi connectivity index (χ2v) is 7.27. The molecule has 1 heterocycles. The lowest BCUT2D eigenvalue weighted by Gasteiger charge is -2.05. The molecular weight excluding hydrogens is 402 g/mol. The Morgan fingerprint density at radius 2 is 2.04 bits per heavy atom. The first kappa shape index (κ1) is 17.6. The van der Waals surface area contributed by atoms with Crippen LogP contribution in [0.1, 0.15) is 20.9 Å². The molecule has 0 aliphatic heterocycles. The van der Waals surface area contributed by atoms with Crippen LogP contribution in [0.4, 0.5) is 5.13 Å². The molecule has 0 spiro atoms. The summed E-state index contributed by atoms with van der Waals surface area (Å²) in [4.78, 5) is 12.2. The Morgan fingerprint density at radius 3 is 2.84 bits per heavy atom. The van der Waals surface area contributed by atoms with Crippen molar-refractivity contribution in [3.8, 4) is 5.75 Å². The van der Waals surface area contributed by atoms with Gasteiger partial charge in [-0.3, -0.25) is 10.1 Å². The number of nitrogens with zero attached hydrogens (tertiary/aromatic N) is 2. The van der Waals surface area contributed by atoms with Crippen molar-refractivity contribution in [3.63, 3.8) is 0 Å². The lowest BCUT2D eigenvalue weighted by atomic mass is 10.2. The highest BCUT2D eigenvalue weighted by Gasteiger charge is 2.12. The largest absolute Gasteiger partial charge is 0.493 e. The number of aryl methyl sites for hydroxylation is 1. The van der Waals surface area contributed by atoms with Crippen LogP contribution in [0.5, 0.6) is 5.75 Å². The van der Waals surface area contributed by atoms with Gasteiger partial charge >= 0.3 is 0 Å². The van der Waals surface area contributed by atoms with Crippen molar-refractivity contribution < 1.29 is 9.53 Å². The van der Waals surface area contributed by atoms with E-state index in [-0.39, 0.29) is 5.91 Å². The van der Waals surface area contributed by atoms with Crippen molar-refractivity contribution in [1.82, 2.24) is 10.2 Å². The Bertz CT molecular complexity index is 882. The molecule has 0 saturated carbocycles. The van der Waals surface area contributed by atoms with Gasteiger partial charge < -0.3 is 4.74 Å². The van der Waals surface area contributed by atoms with Crippen molar-refractivity contribution in [1.29, 1.82) is 0 Å². The number of hydrogen-bond donors (Lipinski definition) is 1. The van der Waals surface area contributed by atoms with Gasteiger partial charge in [0.15, 0.2) is 0 Å². The Balaban J connectivity index is 1.54. The van der Waals surface area contributed by atoms with E-state index in [1.807, 2.05) is 49.4 Å². The molecule has 128 valence electrons. The Labute approximate surface area is 158 Å². The maximum absolute atomic E-state index is 12.2. The smallest absolute Gasteiger partial charge is 0.258 e. The number of amides is 1. The highest BCUT2D eigenvalue weighted by atomic mass is 79.9. The molecule has 0 bridgehead atoms. The quantitative estimate of drug-likeness (QED) is 0.641. The van der Waals surface area contributed by atoms with Crippen LogP contribution in [0.25, 0.3) is 0 Å². The third kappa shape index (κ3) is 4.87. The lowest BCUT2D eigenvalue weighted by Crippen LogP contribution is -2.12. The van der Waals surface area contributed by atoms with Gasteiger partial charge in [0.25, 0.3) is 5.91 Å². The summed E-state index contributed by atoms with van der Waals surface area (Å²) in [6.45, 7) is 2.54. The second kappa shape index (κ2) is 8.22. The van der Waals surface area contributed by atoms with E-state index in [4.69, 9.17) is 4.74 Å². The molecule has 1 aromatic heterocycles. The van der Waals surface area contributed by atoms with Gasteiger partial charge in [-0.2, -0.15) is 0 Å². The minimum Gasteiger partial charge on any atom is -0.493 e. The SMILES string of the molecule is Cc1cccc(OCCc2nnc(NC(=O)c3ccccc3Br)s2)c1. The van der Waals surface area contributed by atoms with Crippen LogP contribution in [0.2, 0.25) is 0 Å². The summed E-state index contributed by atoms with van der Waals surface area (Å²) >= 11 is 4.72. The normalized spacial score (nSPS) is 10.5. The number of rotatable bonds is 6. The number of nitrogens with one attached hydrogen (secondary N) is 1. The molecule has 0 atom stereocenters. The van der Waals surface area contributed by atoms with Gasteiger partial charge in [-0.25, -0.2) is 0 Å². The van der Waals surface area contributed by atoms with Crippen LogP contribution in [0, 0.1) is 6.92 Å². The third-order valence-electron chi connectivity index (χ3n) is 3.38. The molecule has 3 rings (SSSR count). The van der Waals surface area contributed by atoms with Crippen molar-refractivity contribution in [2.24, 2.45) is 0 Å². The molecule has 0 aliphatic carbocycles. The summed E-state index contributed by atoms with van der Waals surface area (Å²) < 4.78 is 6.45. The first-order valence-electron chi connectivity index (χ1n) is 7.69. The minimum atomic E-state index is -0.216. The molecule has 5 nitrogen and oxygen atoms in total. The molecule has 7 heteroatoms. The standard InChI is InChI=1S/C18H16BrN3O2S/c1-12-5-4-6-13(11-12)24-10-9-16-21-22-18(25-16)20-17(23)14-7-2-3-8-15(14)19/h2-8,11H,9-10H2,1H3,(H,20,22,23). The molecule has 2 aromatic carbocycles. The van der Waals surface area contributed by atoms with E-state index in [0.29, 0.717) is 23.7 Å². The number of carbonyl (C=O) groups is 1. The number of anilines is 1. The fraction of sp³-hybridized carbons (Fsp3) is 0.167. The molecule has 0 saturated heterocycles. The fourth-order valence-electron chi connectivity index (χ4n) is 2.18. The molecule has 0 unspecified atom stereocenters. The zero-order chi connectivity index (χ0) is 17.6. The van der Waals surface area contributed by atoms with Gasteiger partial charge in [0.05, 0.1) is 12.2 Å². The van der Waals surface area contributed by atoms with Gasteiger partial charge in [-0.15, -0.1) is 10.2 Å². The zero-order valence-corrected chi connectivity index (χ0v) is 15.9. The van der Waals surface area contributed by atoms with Gasteiger partial charge in [0.2, 0.25) is 5.13 Å². The predicted octanol–water partition coefficient (Wildman–Crippen LogP) is 4.48. The molecule has 1 amide bonds. The lowest BCUT2D eigenvalue weighted by molar-refractivity contribution is 0.102. The first-order chi connectivity index (χ1) is 12.1. The highest BCUT2D eigenvalue weighted by molar-refractivity contribution is 9.10. The molecule has 0 radical (unpaired) electrons. The Morgan fingerprint density at radius 1 is 1.20 bits per heavy atom. The van der Waals surface area contributed by atoms with Crippen LogP contribution in [-0.2, 0) is 6.42 Å². The van der Waals surface area contributed by atoms with Crippen molar-refractivity contribution in [2.75, 3.05) is 11.9 Å². The predicted molar refractivity (Wildman–Crippen MR) is 102 cm³/mol. The third-order valence-corrected chi connectivity index (χ3v) is 4.97. The van der Waals surface area contributed by atoms with Crippen LogP contribution in [0.15, 0.2) is 53.0 Å². The number of aromatic nitrogens is 2. The summed E-state index contributed by atoms with van der Waals surface area (Å²) in [6.07, 6.45) is 0.635.